The summed E-state index contributed by atoms with van der Waals surface area (Å²) in [5.41, 5.74) is 0.966. The Morgan fingerprint density at radius 3 is 2.60 bits per heavy atom. The Hall–Kier alpha value is -1.06. The average Bonchev–Trinajstić information content (AvgIpc) is 2.92. The van der Waals surface area contributed by atoms with Crippen LogP contribution in [0.15, 0.2) is 24.3 Å². The van der Waals surface area contributed by atoms with E-state index in [1.807, 2.05) is 24.3 Å². The van der Waals surface area contributed by atoms with Gasteiger partial charge in [-0.3, -0.25) is 4.79 Å². The van der Waals surface area contributed by atoms with Gasteiger partial charge >= 0.3 is 0 Å². The van der Waals surface area contributed by atoms with Crippen LogP contribution in [0.1, 0.15) is 31.2 Å². The molecule has 1 aliphatic rings. The van der Waals surface area contributed by atoms with Crippen LogP contribution >= 0.6 is 11.6 Å². The van der Waals surface area contributed by atoms with Crippen LogP contribution in [0.4, 0.5) is 0 Å². The molecule has 1 amide bonds. The summed E-state index contributed by atoms with van der Waals surface area (Å²) in [5.74, 6) is 0.0989. The highest BCUT2D eigenvalue weighted by atomic mass is 35.5. The highest BCUT2D eigenvalue weighted by Gasteiger charge is 2.32. The highest BCUT2D eigenvalue weighted by Crippen LogP contribution is 2.26. The third-order valence-electron chi connectivity index (χ3n) is 4.30. The van der Waals surface area contributed by atoms with Crippen molar-refractivity contribution in [3.63, 3.8) is 0 Å². The molecule has 1 aromatic carbocycles. The van der Waals surface area contributed by atoms with Gasteiger partial charge in [0.25, 0.3) is 5.91 Å². The van der Waals surface area contributed by atoms with E-state index >= 15 is 0 Å². The number of benzene rings is 1. The van der Waals surface area contributed by atoms with Gasteiger partial charge in [0.05, 0.1) is 20.1 Å². The SMILES string of the molecule is C[N+](C)(CC(=O)NCc1ccccc1Cl)C1CCCC1. The fraction of sp³-hybridized carbons (Fsp3) is 0.562. The number of hydrogen-bond donors (Lipinski definition) is 1. The lowest BCUT2D eigenvalue weighted by atomic mass is 10.2. The lowest BCUT2D eigenvalue weighted by Crippen LogP contribution is -2.52. The Balaban J connectivity index is 1.85. The minimum Gasteiger partial charge on any atom is -0.347 e. The van der Waals surface area contributed by atoms with E-state index in [4.69, 9.17) is 11.6 Å². The zero-order chi connectivity index (χ0) is 14.6. The third kappa shape index (κ3) is 3.97. The molecule has 0 unspecified atom stereocenters. The number of halogens is 1. The quantitative estimate of drug-likeness (QED) is 0.832. The van der Waals surface area contributed by atoms with Gasteiger partial charge in [0.1, 0.15) is 0 Å². The number of rotatable bonds is 5. The van der Waals surface area contributed by atoms with Gasteiger partial charge < -0.3 is 9.80 Å². The van der Waals surface area contributed by atoms with Crippen LogP contribution in [0.2, 0.25) is 5.02 Å². The van der Waals surface area contributed by atoms with Gasteiger partial charge in [0.15, 0.2) is 6.54 Å². The topological polar surface area (TPSA) is 29.1 Å². The Morgan fingerprint density at radius 2 is 1.95 bits per heavy atom. The molecule has 0 spiro atoms. The fourth-order valence-electron chi connectivity index (χ4n) is 2.99. The molecular weight excluding hydrogens is 272 g/mol. The van der Waals surface area contributed by atoms with Crippen molar-refractivity contribution in [2.75, 3.05) is 20.6 Å². The zero-order valence-electron chi connectivity index (χ0n) is 12.4. The van der Waals surface area contributed by atoms with Gasteiger partial charge in [-0.25, -0.2) is 0 Å². The van der Waals surface area contributed by atoms with Crippen LogP contribution in [0.25, 0.3) is 0 Å². The second-order valence-electron chi connectivity index (χ2n) is 6.24. The molecule has 110 valence electrons. The highest BCUT2D eigenvalue weighted by molar-refractivity contribution is 6.31. The Labute approximate surface area is 126 Å². The van der Waals surface area contributed by atoms with Gasteiger partial charge in [-0.2, -0.15) is 0 Å². The molecule has 1 aliphatic carbocycles. The molecule has 0 radical (unpaired) electrons. The molecule has 2 rings (SSSR count). The largest absolute Gasteiger partial charge is 0.347 e. The zero-order valence-corrected chi connectivity index (χ0v) is 13.1. The molecule has 1 saturated carbocycles. The van der Waals surface area contributed by atoms with Crippen molar-refractivity contribution in [1.29, 1.82) is 0 Å². The maximum Gasteiger partial charge on any atom is 0.275 e. The maximum absolute atomic E-state index is 12.1. The normalized spacial score (nSPS) is 16.4. The van der Waals surface area contributed by atoms with E-state index in [-0.39, 0.29) is 5.91 Å². The number of carbonyl (C=O) groups is 1. The molecule has 0 bridgehead atoms. The Morgan fingerprint density at radius 1 is 1.30 bits per heavy atom. The minimum atomic E-state index is 0.0989. The summed E-state index contributed by atoms with van der Waals surface area (Å²) in [6, 6.07) is 8.25. The van der Waals surface area contributed by atoms with Crippen LogP contribution in [0.5, 0.6) is 0 Å². The number of nitrogens with zero attached hydrogens (tertiary/aromatic N) is 1. The van der Waals surface area contributed by atoms with Crippen molar-refractivity contribution < 1.29 is 9.28 Å². The first-order chi connectivity index (χ1) is 9.49. The van der Waals surface area contributed by atoms with Crippen LogP contribution < -0.4 is 5.32 Å². The average molecular weight is 296 g/mol. The molecule has 1 N–H and O–H groups in total. The van der Waals surface area contributed by atoms with E-state index in [0.29, 0.717) is 24.2 Å². The Kier molecular flexibility index (Phi) is 5.06. The van der Waals surface area contributed by atoms with E-state index in [0.717, 1.165) is 10.0 Å². The lowest BCUT2D eigenvalue weighted by Gasteiger charge is -2.35. The second-order valence-corrected chi connectivity index (χ2v) is 6.65. The molecule has 20 heavy (non-hydrogen) atoms. The van der Waals surface area contributed by atoms with Gasteiger partial charge in [-0.15, -0.1) is 0 Å². The van der Waals surface area contributed by atoms with Crippen LogP contribution in [0, 0.1) is 0 Å². The second kappa shape index (κ2) is 6.59. The number of amides is 1. The van der Waals surface area contributed by atoms with Crippen LogP contribution in [-0.2, 0) is 11.3 Å². The Bertz CT molecular complexity index is 467. The van der Waals surface area contributed by atoms with Crippen molar-refractivity contribution in [2.45, 2.75) is 38.3 Å². The first kappa shape index (κ1) is 15.3. The molecule has 1 fully saturated rings. The first-order valence-electron chi connectivity index (χ1n) is 7.32. The molecule has 1 aromatic rings. The van der Waals surface area contributed by atoms with Crippen LogP contribution in [-0.4, -0.2) is 37.1 Å². The number of quaternary nitrogens is 1. The third-order valence-corrected chi connectivity index (χ3v) is 4.67. The number of likely N-dealkylation sites (N-methyl/N-ethyl adjacent to an activating group) is 1. The summed E-state index contributed by atoms with van der Waals surface area (Å²) >= 11 is 6.09. The van der Waals surface area contributed by atoms with Crippen molar-refractivity contribution in [3.8, 4) is 0 Å². The van der Waals surface area contributed by atoms with Gasteiger partial charge in [0.2, 0.25) is 0 Å². The molecule has 0 heterocycles. The standard InChI is InChI=1S/C16H23ClN2O/c1-19(2,14-8-4-5-9-14)12-16(20)18-11-13-7-3-6-10-15(13)17/h3,6-7,10,14H,4-5,8-9,11-12H2,1-2H3/p+1. The summed E-state index contributed by atoms with van der Waals surface area (Å²) in [6.45, 7) is 1.04. The van der Waals surface area contributed by atoms with Crippen molar-refractivity contribution in [3.05, 3.63) is 34.9 Å². The summed E-state index contributed by atoms with van der Waals surface area (Å²) in [5, 5.41) is 3.69. The summed E-state index contributed by atoms with van der Waals surface area (Å²) in [4.78, 5) is 12.1. The maximum atomic E-state index is 12.1. The van der Waals surface area contributed by atoms with E-state index in [9.17, 15) is 4.79 Å². The fourth-order valence-corrected chi connectivity index (χ4v) is 3.20. The smallest absolute Gasteiger partial charge is 0.275 e. The number of nitrogens with one attached hydrogen (secondary N) is 1. The predicted octanol–water partition coefficient (Wildman–Crippen LogP) is 2.98. The molecule has 0 aromatic heterocycles. The number of carbonyl (C=O) groups excluding carboxylic acids is 1. The summed E-state index contributed by atoms with van der Waals surface area (Å²) in [6.07, 6.45) is 5.08. The van der Waals surface area contributed by atoms with Crippen molar-refractivity contribution in [2.24, 2.45) is 0 Å². The number of hydrogen-bond acceptors (Lipinski definition) is 1. The molecule has 0 aliphatic heterocycles. The van der Waals surface area contributed by atoms with E-state index in [1.165, 1.54) is 25.7 Å². The van der Waals surface area contributed by atoms with E-state index in [1.54, 1.807) is 0 Å². The van der Waals surface area contributed by atoms with E-state index in [2.05, 4.69) is 19.4 Å². The molecular formula is C16H24ClN2O+. The van der Waals surface area contributed by atoms with Gasteiger partial charge in [0, 0.05) is 11.6 Å². The molecule has 0 atom stereocenters. The van der Waals surface area contributed by atoms with Gasteiger partial charge in [-0.05, 0) is 37.3 Å². The monoisotopic (exact) mass is 295 g/mol. The minimum absolute atomic E-state index is 0.0989. The van der Waals surface area contributed by atoms with Crippen molar-refractivity contribution in [1.82, 2.24) is 5.32 Å². The molecule has 4 heteroatoms. The molecule has 0 saturated heterocycles. The summed E-state index contributed by atoms with van der Waals surface area (Å²) in [7, 11) is 4.32. The molecule has 3 nitrogen and oxygen atoms in total. The summed E-state index contributed by atoms with van der Waals surface area (Å²) < 4.78 is 0.786. The predicted molar refractivity (Wildman–Crippen MR) is 82.5 cm³/mol. The van der Waals surface area contributed by atoms with E-state index < -0.39 is 0 Å². The van der Waals surface area contributed by atoms with Crippen molar-refractivity contribution >= 4 is 17.5 Å². The first-order valence-corrected chi connectivity index (χ1v) is 7.69. The van der Waals surface area contributed by atoms with Gasteiger partial charge in [-0.1, -0.05) is 29.8 Å². The lowest BCUT2D eigenvalue weighted by molar-refractivity contribution is -0.906. The van der Waals surface area contributed by atoms with Crippen LogP contribution in [0.3, 0.4) is 0 Å².